The molecule has 0 atom stereocenters. The van der Waals surface area contributed by atoms with Gasteiger partial charge in [-0.1, -0.05) is 12.1 Å². The summed E-state index contributed by atoms with van der Waals surface area (Å²) in [5, 5.41) is 14.5. The molecule has 1 aromatic heterocycles. The van der Waals surface area contributed by atoms with Gasteiger partial charge in [-0.15, -0.1) is 11.3 Å². The molecule has 0 bridgehead atoms. The number of carbonyl (C=O) groups is 2. The first kappa shape index (κ1) is 18.3. The Bertz CT molecular complexity index is 1020. The summed E-state index contributed by atoms with van der Waals surface area (Å²) in [5.74, 6) is -2.31. The van der Waals surface area contributed by atoms with Gasteiger partial charge < -0.3 is 26.3 Å². The van der Waals surface area contributed by atoms with Gasteiger partial charge in [-0.25, -0.2) is 9.59 Å². The maximum atomic E-state index is 12.4. The van der Waals surface area contributed by atoms with Crippen LogP contribution in [-0.2, 0) is 19.1 Å². The SMILES string of the molecule is COC(=O)C1=C(N)NC(N)=C(C(=O)OC)C1c1csc2c(C#N)cccc12. The minimum atomic E-state index is -0.895. The monoisotopic (exact) mass is 384 g/mol. The fraction of sp³-hybridized carbons (Fsp3) is 0.167. The molecule has 0 amide bonds. The maximum Gasteiger partial charge on any atom is 0.338 e. The third-order valence-corrected chi connectivity index (χ3v) is 5.35. The number of rotatable bonds is 3. The number of thiophene rings is 1. The Hall–Kier alpha value is -3.51. The summed E-state index contributed by atoms with van der Waals surface area (Å²) in [6.45, 7) is 0. The van der Waals surface area contributed by atoms with Crippen LogP contribution in [0.5, 0.6) is 0 Å². The summed E-state index contributed by atoms with van der Waals surface area (Å²) in [5.41, 5.74) is 13.2. The van der Waals surface area contributed by atoms with Crippen LogP contribution in [0, 0.1) is 11.3 Å². The van der Waals surface area contributed by atoms with Crippen LogP contribution >= 0.6 is 11.3 Å². The van der Waals surface area contributed by atoms with E-state index in [1.54, 1.807) is 23.6 Å². The first-order chi connectivity index (χ1) is 12.9. The summed E-state index contributed by atoms with van der Waals surface area (Å²) in [4.78, 5) is 24.9. The molecule has 5 N–H and O–H groups in total. The molecule has 2 heterocycles. The van der Waals surface area contributed by atoms with Gasteiger partial charge in [-0.3, -0.25) is 0 Å². The highest BCUT2D eigenvalue weighted by atomic mass is 32.1. The van der Waals surface area contributed by atoms with Crippen LogP contribution in [0.15, 0.2) is 46.4 Å². The highest BCUT2D eigenvalue weighted by molar-refractivity contribution is 7.17. The molecule has 0 spiro atoms. The van der Waals surface area contributed by atoms with E-state index >= 15 is 0 Å². The average molecular weight is 384 g/mol. The summed E-state index contributed by atoms with van der Waals surface area (Å²) >= 11 is 1.33. The molecule has 9 heteroatoms. The van der Waals surface area contributed by atoms with Gasteiger partial charge in [0.2, 0.25) is 0 Å². The van der Waals surface area contributed by atoms with Gasteiger partial charge >= 0.3 is 11.9 Å². The summed E-state index contributed by atoms with van der Waals surface area (Å²) in [6, 6.07) is 7.37. The second kappa shape index (κ2) is 7.01. The van der Waals surface area contributed by atoms with Gasteiger partial charge in [0.05, 0.1) is 41.5 Å². The van der Waals surface area contributed by atoms with Gasteiger partial charge in [0.15, 0.2) is 0 Å². The number of fused-ring (bicyclic) bond motifs is 1. The number of esters is 2. The Labute approximate surface area is 158 Å². The minimum Gasteiger partial charge on any atom is -0.466 e. The highest BCUT2D eigenvalue weighted by Gasteiger charge is 2.40. The number of hydrogen-bond donors (Lipinski definition) is 3. The van der Waals surface area contributed by atoms with Crippen LogP contribution in [0.4, 0.5) is 0 Å². The van der Waals surface area contributed by atoms with Crippen molar-refractivity contribution in [2.75, 3.05) is 14.2 Å². The number of nitrogens with zero attached hydrogens (tertiary/aromatic N) is 1. The Morgan fingerprint density at radius 1 is 1.15 bits per heavy atom. The fourth-order valence-corrected chi connectivity index (χ4v) is 4.17. The van der Waals surface area contributed by atoms with E-state index in [0.717, 1.165) is 4.70 Å². The van der Waals surface area contributed by atoms with Crippen molar-refractivity contribution in [2.45, 2.75) is 5.92 Å². The predicted molar refractivity (Wildman–Crippen MR) is 98.9 cm³/mol. The van der Waals surface area contributed by atoms with Crippen molar-refractivity contribution >= 4 is 33.4 Å². The molecule has 0 aliphatic carbocycles. The van der Waals surface area contributed by atoms with E-state index < -0.39 is 17.9 Å². The van der Waals surface area contributed by atoms with Crippen LogP contribution in [-0.4, -0.2) is 26.2 Å². The van der Waals surface area contributed by atoms with Crippen molar-refractivity contribution in [2.24, 2.45) is 11.5 Å². The van der Waals surface area contributed by atoms with Crippen molar-refractivity contribution in [3.8, 4) is 6.07 Å². The van der Waals surface area contributed by atoms with Crippen molar-refractivity contribution in [3.63, 3.8) is 0 Å². The summed E-state index contributed by atoms with van der Waals surface area (Å²) in [7, 11) is 2.44. The molecule has 0 unspecified atom stereocenters. The van der Waals surface area contributed by atoms with Gasteiger partial charge in [0.25, 0.3) is 0 Å². The Morgan fingerprint density at radius 3 is 2.26 bits per heavy atom. The quantitative estimate of drug-likeness (QED) is 0.669. The molecule has 0 saturated carbocycles. The third-order valence-electron chi connectivity index (χ3n) is 4.30. The van der Waals surface area contributed by atoms with E-state index in [1.807, 2.05) is 0 Å². The zero-order valence-electron chi connectivity index (χ0n) is 14.5. The number of nitrogens with one attached hydrogen (secondary N) is 1. The molecule has 1 aliphatic heterocycles. The predicted octanol–water partition coefficient (Wildman–Crippen LogP) is 1.15. The van der Waals surface area contributed by atoms with Crippen molar-refractivity contribution in [1.29, 1.82) is 5.26 Å². The zero-order valence-corrected chi connectivity index (χ0v) is 15.3. The van der Waals surface area contributed by atoms with Crippen LogP contribution in [0.2, 0.25) is 0 Å². The normalized spacial score (nSPS) is 14.7. The molecule has 1 aliphatic rings. The van der Waals surface area contributed by atoms with Gasteiger partial charge in [0, 0.05) is 0 Å². The highest BCUT2D eigenvalue weighted by Crippen LogP contribution is 2.43. The molecule has 0 fully saturated rings. The first-order valence-corrected chi connectivity index (χ1v) is 8.65. The van der Waals surface area contributed by atoms with E-state index in [2.05, 4.69) is 11.4 Å². The van der Waals surface area contributed by atoms with Gasteiger partial charge in [0.1, 0.15) is 17.7 Å². The average Bonchev–Trinajstić information content (AvgIpc) is 3.10. The van der Waals surface area contributed by atoms with Crippen LogP contribution < -0.4 is 16.8 Å². The second-order valence-corrected chi connectivity index (χ2v) is 6.56. The van der Waals surface area contributed by atoms with Crippen LogP contribution in [0.1, 0.15) is 17.0 Å². The van der Waals surface area contributed by atoms with E-state index in [-0.39, 0.29) is 22.8 Å². The Morgan fingerprint density at radius 2 is 1.74 bits per heavy atom. The fourth-order valence-electron chi connectivity index (χ4n) is 3.11. The molecule has 0 radical (unpaired) electrons. The first-order valence-electron chi connectivity index (χ1n) is 7.77. The molecule has 3 rings (SSSR count). The van der Waals surface area contributed by atoms with E-state index in [4.69, 9.17) is 20.9 Å². The number of ether oxygens (including phenoxy) is 2. The number of hydrogen-bond acceptors (Lipinski definition) is 9. The number of dihydropyridines is 1. The van der Waals surface area contributed by atoms with E-state index in [1.165, 1.54) is 25.6 Å². The maximum absolute atomic E-state index is 12.4. The molecule has 1 aromatic carbocycles. The molecular formula is C18H16N4O4S. The minimum absolute atomic E-state index is 0.00668. The van der Waals surface area contributed by atoms with Gasteiger partial charge in [-0.05, 0) is 22.4 Å². The lowest BCUT2D eigenvalue weighted by Gasteiger charge is -2.28. The third kappa shape index (κ3) is 2.86. The summed E-state index contributed by atoms with van der Waals surface area (Å²) < 4.78 is 10.5. The summed E-state index contributed by atoms with van der Waals surface area (Å²) in [6.07, 6.45) is 0. The largest absolute Gasteiger partial charge is 0.466 e. The molecular weight excluding hydrogens is 368 g/mol. The molecule has 0 saturated heterocycles. The smallest absolute Gasteiger partial charge is 0.338 e. The Balaban J connectivity index is 2.33. The topological polar surface area (TPSA) is 140 Å². The van der Waals surface area contributed by atoms with Crippen LogP contribution in [0.25, 0.3) is 10.1 Å². The van der Waals surface area contributed by atoms with E-state index in [9.17, 15) is 14.9 Å². The molecule has 8 nitrogen and oxygen atoms in total. The lowest BCUT2D eigenvalue weighted by Crippen LogP contribution is -2.39. The lowest BCUT2D eigenvalue weighted by atomic mass is 9.82. The standard InChI is InChI=1S/C18H16N4O4S/c1-25-17(23)12-11(13(18(24)26-2)16(21)22-15(12)20)10-7-27-14-8(6-19)4-3-5-9(10)14/h3-5,7,11,22H,20-21H2,1-2H3. The zero-order chi connectivity index (χ0) is 19.7. The van der Waals surface area contributed by atoms with Crippen LogP contribution in [0.3, 0.4) is 0 Å². The number of carbonyl (C=O) groups excluding carboxylic acids is 2. The van der Waals surface area contributed by atoms with Crippen molar-refractivity contribution in [3.05, 3.63) is 57.5 Å². The number of benzene rings is 1. The number of methoxy groups -OCH3 is 2. The number of nitrogens with two attached hydrogens (primary N) is 2. The second-order valence-electron chi connectivity index (χ2n) is 5.68. The number of nitriles is 1. The molecule has 2 aromatic rings. The van der Waals surface area contributed by atoms with Crippen molar-refractivity contribution in [1.82, 2.24) is 5.32 Å². The van der Waals surface area contributed by atoms with Gasteiger partial charge in [-0.2, -0.15) is 5.26 Å². The molecule has 138 valence electrons. The van der Waals surface area contributed by atoms with Crippen molar-refractivity contribution < 1.29 is 19.1 Å². The molecule has 27 heavy (non-hydrogen) atoms. The van der Waals surface area contributed by atoms with E-state index in [0.29, 0.717) is 16.5 Å². The lowest BCUT2D eigenvalue weighted by molar-refractivity contribution is -0.137. The Kier molecular flexibility index (Phi) is 4.75.